The summed E-state index contributed by atoms with van der Waals surface area (Å²) in [7, 11) is -3.12. The molecule has 1 saturated heterocycles. The third kappa shape index (κ3) is 3.58. The first-order valence-corrected chi connectivity index (χ1v) is 9.81. The smallest absolute Gasteiger partial charge is 0.273 e. The van der Waals surface area contributed by atoms with E-state index in [9.17, 15) is 18.0 Å². The molecule has 1 fully saturated rings. The van der Waals surface area contributed by atoms with Gasteiger partial charge in [-0.05, 0) is 13.3 Å². The van der Waals surface area contributed by atoms with Crippen LogP contribution in [0.3, 0.4) is 0 Å². The van der Waals surface area contributed by atoms with E-state index in [1.165, 1.54) is 16.3 Å². The first-order chi connectivity index (χ1) is 10.8. The van der Waals surface area contributed by atoms with Crippen LogP contribution in [0.5, 0.6) is 0 Å². The summed E-state index contributed by atoms with van der Waals surface area (Å²) in [5.41, 5.74) is 0.224. The predicted octanol–water partition coefficient (Wildman–Crippen LogP) is 0.556. The Morgan fingerprint density at radius 3 is 2.83 bits per heavy atom. The highest BCUT2D eigenvalue weighted by atomic mass is 32.2. The highest BCUT2D eigenvalue weighted by Crippen LogP contribution is 2.23. The molecule has 1 atom stereocenters. The third-order valence-electron chi connectivity index (χ3n) is 3.72. The van der Waals surface area contributed by atoms with Crippen molar-refractivity contribution >= 4 is 43.8 Å². The van der Waals surface area contributed by atoms with Crippen molar-refractivity contribution in [1.82, 2.24) is 9.99 Å². The molecule has 0 bridgehead atoms. The quantitative estimate of drug-likeness (QED) is 0.851. The van der Waals surface area contributed by atoms with E-state index < -0.39 is 21.8 Å². The van der Waals surface area contributed by atoms with Crippen LogP contribution in [0.2, 0.25) is 0 Å². The summed E-state index contributed by atoms with van der Waals surface area (Å²) in [5, 5.41) is 8.42. The van der Waals surface area contributed by atoms with Crippen LogP contribution in [0.15, 0.2) is 11.3 Å². The molecule has 1 aromatic heterocycles. The maximum atomic E-state index is 12.2. The summed E-state index contributed by atoms with van der Waals surface area (Å²) in [6, 6.07) is -0.474. The number of hydrazone groups is 1. The number of anilines is 1. The van der Waals surface area contributed by atoms with Crippen LogP contribution < -0.4 is 5.32 Å². The second kappa shape index (κ2) is 6.00. The number of aryl methyl sites for hydroxylation is 1. The summed E-state index contributed by atoms with van der Waals surface area (Å²) in [4.78, 5) is 29.3. The molecule has 0 aromatic carbocycles. The molecule has 3 rings (SSSR count). The lowest BCUT2D eigenvalue weighted by molar-refractivity contribution is -0.133. The zero-order chi connectivity index (χ0) is 16.6. The van der Waals surface area contributed by atoms with E-state index >= 15 is 0 Å². The van der Waals surface area contributed by atoms with Crippen LogP contribution in [0.25, 0.3) is 0 Å². The minimum atomic E-state index is -3.12. The van der Waals surface area contributed by atoms with Crippen molar-refractivity contribution in [3.8, 4) is 0 Å². The topological polar surface area (TPSA) is 109 Å². The lowest BCUT2D eigenvalue weighted by atomic mass is 10.1. The van der Waals surface area contributed by atoms with Crippen LogP contribution >= 0.6 is 11.3 Å². The average molecular weight is 356 g/mol. The number of nitrogens with zero attached hydrogens (tertiary/aromatic N) is 3. The highest BCUT2D eigenvalue weighted by molar-refractivity contribution is 7.91. The van der Waals surface area contributed by atoms with Crippen LogP contribution in [-0.2, 0) is 19.4 Å². The van der Waals surface area contributed by atoms with Crippen LogP contribution in [-0.4, -0.2) is 53.5 Å². The van der Waals surface area contributed by atoms with Gasteiger partial charge in [0.2, 0.25) is 5.91 Å². The van der Waals surface area contributed by atoms with Gasteiger partial charge in [-0.3, -0.25) is 14.9 Å². The molecule has 1 aromatic rings. The fourth-order valence-electron chi connectivity index (χ4n) is 2.57. The van der Waals surface area contributed by atoms with Crippen LogP contribution in [0, 0.1) is 6.92 Å². The van der Waals surface area contributed by atoms with Gasteiger partial charge in [0.05, 0.1) is 17.5 Å². The monoisotopic (exact) mass is 356 g/mol. The molecule has 124 valence electrons. The molecule has 0 radical (unpaired) electrons. The molecule has 23 heavy (non-hydrogen) atoms. The maximum Gasteiger partial charge on any atom is 0.273 e. The molecule has 0 aliphatic carbocycles. The molecule has 1 unspecified atom stereocenters. The molecule has 1 N–H and O–H groups in total. The molecule has 0 spiro atoms. The Labute approximate surface area is 137 Å². The van der Waals surface area contributed by atoms with Gasteiger partial charge in [-0.2, -0.15) is 5.10 Å². The van der Waals surface area contributed by atoms with E-state index in [4.69, 9.17) is 0 Å². The van der Waals surface area contributed by atoms with Gasteiger partial charge in [-0.1, -0.05) is 0 Å². The van der Waals surface area contributed by atoms with Crippen LogP contribution in [0.4, 0.5) is 5.13 Å². The van der Waals surface area contributed by atoms with Crippen molar-refractivity contribution in [2.45, 2.75) is 32.2 Å². The normalized spacial score (nSPS) is 23.7. The Morgan fingerprint density at radius 1 is 1.43 bits per heavy atom. The minimum Gasteiger partial charge on any atom is -0.297 e. The Morgan fingerprint density at radius 2 is 2.22 bits per heavy atom. The largest absolute Gasteiger partial charge is 0.297 e. The molecular weight excluding hydrogens is 340 g/mol. The number of thiazole rings is 1. The van der Waals surface area contributed by atoms with E-state index in [0.29, 0.717) is 11.6 Å². The second-order valence-electron chi connectivity index (χ2n) is 5.57. The van der Waals surface area contributed by atoms with Crippen molar-refractivity contribution in [1.29, 1.82) is 0 Å². The average Bonchev–Trinajstić information content (AvgIpc) is 3.05. The van der Waals surface area contributed by atoms with E-state index in [2.05, 4.69) is 15.4 Å². The van der Waals surface area contributed by atoms with E-state index in [1.807, 2.05) is 6.92 Å². The molecule has 10 heteroatoms. The zero-order valence-electron chi connectivity index (χ0n) is 12.5. The van der Waals surface area contributed by atoms with Crippen molar-refractivity contribution in [3.63, 3.8) is 0 Å². The standard InChI is InChI=1S/C13H16N4O4S2/c1-8-6-14-13(22-8)15-12(19)10-2-3-11(18)17(16-10)9-4-5-23(20,21)7-9/h6,9H,2-5,7H2,1H3,(H,14,15,19). The summed E-state index contributed by atoms with van der Waals surface area (Å²) < 4.78 is 23.2. The number of amides is 2. The molecule has 0 saturated carbocycles. The summed E-state index contributed by atoms with van der Waals surface area (Å²) in [6.07, 6.45) is 2.41. The van der Waals surface area contributed by atoms with Gasteiger partial charge in [-0.25, -0.2) is 18.4 Å². The fraction of sp³-hybridized carbons (Fsp3) is 0.538. The Balaban J connectivity index is 1.75. The minimum absolute atomic E-state index is 0.0525. The number of sulfone groups is 1. The van der Waals surface area contributed by atoms with Gasteiger partial charge in [0.15, 0.2) is 15.0 Å². The number of nitrogens with one attached hydrogen (secondary N) is 1. The second-order valence-corrected chi connectivity index (χ2v) is 9.04. The predicted molar refractivity (Wildman–Crippen MR) is 86.1 cm³/mol. The number of carbonyl (C=O) groups excluding carboxylic acids is 2. The van der Waals surface area contributed by atoms with Gasteiger partial charge >= 0.3 is 0 Å². The van der Waals surface area contributed by atoms with E-state index in [-0.39, 0.29) is 36.0 Å². The maximum absolute atomic E-state index is 12.2. The Kier molecular flexibility index (Phi) is 4.19. The first kappa shape index (κ1) is 16.1. The molecular formula is C13H16N4O4S2. The van der Waals surface area contributed by atoms with Gasteiger partial charge < -0.3 is 0 Å². The fourth-order valence-corrected chi connectivity index (χ4v) is 4.92. The number of hydrogen-bond acceptors (Lipinski definition) is 7. The Bertz CT molecular complexity index is 784. The summed E-state index contributed by atoms with van der Waals surface area (Å²) in [6.45, 7) is 1.88. The molecule has 2 aliphatic rings. The molecule has 2 aliphatic heterocycles. The van der Waals surface area contributed by atoms with Gasteiger partial charge in [0, 0.05) is 23.9 Å². The van der Waals surface area contributed by atoms with Crippen molar-refractivity contribution < 1.29 is 18.0 Å². The van der Waals surface area contributed by atoms with Crippen molar-refractivity contribution in [2.75, 3.05) is 16.8 Å². The number of hydrogen-bond donors (Lipinski definition) is 1. The lowest BCUT2D eigenvalue weighted by Crippen LogP contribution is -2.42. The highest BCUT2D eigenvalue weighted by Gasteiger charge is 2.37. The molecule has 3 heterocycles. The van der Waals surface area contributed by atoms with E-state index in [1.54, 1.807) is 6.20 Å². The molecule has 8 nitrogen and oxygen atoms in total. The molecule has 2 amide bonds. The summed E-state index contributed by atoms with van der Waals surface area (Å²) in [5.74, 6) is -0.689. The van der Waals surface area contributed by atoms with Crippen molar-refractivity contribution in [3.05, 3.63) is 11.1 Å². The van der Waals surface area contributed by atoms with Gasteiger partial charge in [0.25, 0.3) is 5.91 Å². The van der Waals surface area contributed by atoms with Crippen LogP contribution in [0.1, 0.15) is 24.1 Å². The number of carbonyl (C=O) groups is 2. The number of rotatable bonds is 3. The summed E-state index contributed by atoms with van der Waals surface area (Å²) >= 11 is 1.35. The van der Waals surface area contributed by atoms with Gasteiger partial charge in [-0.15, -0.1) is 11.3 Å². The zero-order valence-corrected chi connectivity index (χ0v) is 14.1. The van der Waals surface area contributed by atoms with E-state index in [0.717, 1.165) is 4.88 Å². The van der Waals surface area contributed by atoms with Crippen molar-refractivity contribution in [2.24, 2.45) is 5.10 Å². The SMILES string of the molecule is Cc1cnc(NC(=O)C2=NN(C3CCS(=O)(=O)C3)C(=O)CC2)s1. The number of aromatic nitrogens is 1. The Hall–Kier alpha value is -1.81. The lowest BCUT2D eigenvalue weighted by Gasteiger charge is -2.27. The third-order valence-corrected chi connectivity index (χ3v) is 6.30. The first-order valence-electron chi connectivity index (χ1n) is 7.18. The van der Waals surface area contributed by atoms with Gasteiger partial charge in [0.1, 0.15) is 5.71 Å².